The zero-order valence-corrected chi connectivity index (χ0v) is 11.2. The van der Waals surface area contributed by atoms with Gasteiger partial charge in [-0.1, -0.05) is 19.9 Å². The number of nitrogens with zero attached hydrogens (tertiary/aromatic N) is 1. The fourth-order valence-electron chi connectivity index (χ4n) is 1.59. The molecule has 1 rings (SSSR count). The van der Waals surface area contributed by atoms with E-state index in [1.54, 1.807) is 6.07 Å². The molecule has 0 aliphatic heterocycles. The molecule has 1 N–H and O–H groups in total. The molecule has 0 aliphatic carbocycles. The zero-order chi connectivity index (χ0) is 14.3. The van der Waals surface area contributed by atoms with Crippen LogP contribution in [0.15, 0.2) is 18.2 Å². The van der Waals surface area contributed by atoms with Crippen LogP contribution < -0.4 is 10.1 Å². The lowest BCUT2D eigenvalue weighted by atomic mass is 10.1. The lowest BCUT2D eigenvalue weighted by molar-refractivity contribution is -0.385. The highest BCUT2D eigenvalue weighted by Crippen LogP contribution is 2.27. The van der Waals surface area contributed by atoms with Crippen LogP contribution in [0.5, 0.6) is 5.75 Å². The summed E-state index contributed by atoms with van der Waals surface area (Å²) in [7, 11) is 0. The quantitative estimate of drug-likeness (QED) is 0.582. The highest BCUT2D eigenvalue weighted by atomic mass is 19.1. The first kappa shape index (κ1) is 15.4. The van der Waals surface area contributed by atoms with E-state index in [1.807, 2.05) is 0 Å². The zero-order valence-electron chi connectivity index (χ0n) is 11.2. The van der Waals surface area contributed by atoms with Gasteiger partial charge in [-0.15, -0.1) is 0 Å². The van der Waals surface area contributed by atoms with Gasteiger partial charge >= 0.3 is 5.69 Å². The molecule has 0 aromatic heterocycles. The number of hydrogen-bond donors (Lipinski definition) is 1. The molecular weight excluding hydrogens is 251 g/mol. The standard InChI is InChI=1S/C13H19FN2O3/c1-10(2)8-15-9-11-3-4-13(19-6-5-14)12(7-11)16(17)18/h3-4,7,10,15H,5-6,8-9H2,1-2H3. The Morgan fingerprint density at radius 3 is 2.79 bits per heavy atom. The molecule has 6 heteroatoms. The van der Waals surface area contributed by atoms with E-state index in [2.05, 4.69) is 19.2 Å². The second-order valence-corrected chi connectivity index (χ2v) is 4.62. The third-order valence-corrected chi connectivity index (χ3v) is 2.44. The third-order valence-electron chi connectivity index (χ3n) is 2.44. The SMILES string of the molecule is CC(C)CNCc1ccc(OCCF)c([N+](=O)[O-])c1. The van der Waals surface area contributed by atoms with E-state index in [0.29, 0.717) is 12.5 Å². The number of ether oxygens (including phenoxy) is 1. The average molecular weight is 270 g/mol. The van der Waals surface area contributed by atoms with Gasteiger partial charge < -0.3 is 10.1 Å². The van der Waals surface area contributed by atoms with Crippen LogP contribution in [0.2, 0.25) is 0 Å². The van der Waals surface area contributed by atoms with E-state index in [9.17, 15) is 14.5 Å². The molecule has 0 aliphatic rings. The molecule has 1 aromatic rings. The molecule has 1 aromatic carbocycles. The summed E-state index contributed by atoms with van der Waals surface area (Å²) in [6, 6.07) is 4.72. The summed E-state index contributed by atoms with van der Waals surface area (Å²) >= 11 is 0. The summed E-state index contributed by atoms with van der Waals surface area (Å²) in [6.07, 6.45) is 0. The Bertz CT molecular complexity index is 424. The second-order valence-electron chi connectivity index (χ2n) is 4.62. The number of nitro groups is 1. The van der Waals surface area contributed by atoms with Gasteiger partial charge in [-0.05, 0) is 24.1 Å². The molecule has 0 atom stereocenters. The van der Waals surface area contributed by atoms with Gasteiger partial charge in [0.1, 0.15) is 13.3 Å². The highest BCUT2D eigenvalue weighted by molar-refractivity contribution is 5.48. The summed E-state index contributed by atoms with van der Waals surface area (Å²) < 4.78 is 17.0. The number of hydrogen-bond acceptors (Lipinski definition) is 4. The molecule has 0 unspecified atom stereocenters. The lowest BCUT2D eigenvalue weighted by Gasteiger charge is -2.09. The number of halogens is 1. The maximum Gasteiger partial charge on any atom is 0.311 e. The minimum Gasteiger partial charge on any atom is -0.484 e. The third kappa shape index (κ3) is 5.21. The van der Waals surface area contributed by atoms with Gasteiger partial charge in [-0.25, -0.2) is 4.39 Å². The van der Waals surface area contributed by atoms with Crippen molar-refractivity contribution in [2.75, 3.05) is 19.8 Å². The van der Waals surface area contributed by atoms with E-state index in [0.717, 1.165) is 12.1 Å². The molecule has 0 bridgehead atoms. The van der Waals surface area contributed by atoms with Gasteiger partial charge in [0, 0.05) is 12.6 Å². The Hall–Kier alpha value is -1.69. The van der Waals surface area contributed by atoms with Gasteiger partial charge in [-0.2, -0.15) is 0 Å². The monoisotopic (exact) mass is 270 g/mol. The molecule has 19 heavy (non-hydrogen) atoms. The van der Waals surface area contributed by atoms with Crippen LogP contribution >= 0.6 is 0 Å². The van der Waals surface area contributed by atoms with Crippen molar-refractivity contribution >= 4 is 5.69 Å². The summed E-state index contributed by atoms with van der Waals surface area (Å²) in [5.41, 5.74) is 0.678. The van der Waals surface area contributed by atoms with Gasteiger partial charge in [0.05, 0.1) is 4.92 Å². The number of nitrogens with one attached hydrogen (secondary N) is 1. The Balaban J connectivity index is 2.75. The summed E-state index contributed by atoms with van der Waals surface area (Å²) in [4.78, 5) is 10.4. The first-order chi connectivity index (χ1) is 9.04. The first-order valence-corrected chi connectivity index (χ1v) is 6.21. The molecule has 0 radical (unpaired) electrons. The predicted molar refractivity (Wildman–Crippen MR) is 71.1 cm³/mol. The molecule has 0 heterocycles. The van der Waals surface area contributed by atoms with Crippen molar-refractivity contribution in [2.45, 2.75) is 20.4 Å². The van der Waals surface area contributed by atoms with Crippen molar-refractivity contribution in [3.05, 3.63) is 33.9 Å². The Kier molecular flexibility index (Phi) is 6.21. The first-order valence-electron chi connectivity index (χ1n) is 6.21. The smallest absolute Gasteiger partial charge is 0.311 e. The molecular formula is C13H19FN2O3. The van der Waals surface area contributed by atoms with E-state index in [1.165, 1.54) is 12.1 Å². The van der Waals surface area contributed by atoms with Crippen molar-refractivity contribution in [3.63, 3.8) is 0 Å². The highest BCUT2D eigenvalue weighted by Gasteiger charge is 2.15. The topological polar surface area (TPSA) is 64.4 Å². The molecule has 0 amide bonds. The van der Waals surface area contributed by atoms with Crippen LogP contribution in [-0.2, 0) is 6.54 Å². The van der Waals surface area contributed by atoms with Crippen molar-refractivity contribution in [1.29, 1.82) is 0 Å². The maximum atomic E-state index is 12.0. The van der Waals surface area contributed by atoms with Crippen molar-refractivity contribution in [3.8, 4) is 5.75 Å². The van der Waals surface area contributed by atoms with Crippen LogP contribution in [0.25, 0.3) is 0 Å². The molecule has 0 fully saturated rings. The minimum absolute atomic E-state index is 0.107. The normalized spacial score (nSPS) is 10.7. The molecule has 5 nitrogen and oxygen atoms in total. The Labute approximate surface area is 111 Å². The van der Waals surface area contributed by atoms with Crippen LogP contribution in [0, 0.1) is 16.0 Å². The van der Waals surface area contributed by atoms with Gasteiger partial charge in [0.25, 0.3) is 0 Å². The van der Waals surface area contributed by atoms with E-state index in [-0.39, 0.29) is 18.0 Å². The van der Waals surface area contributed by atoms with Gasteiger partial charge in [-0.3, -0.25) is 10.1 Å². The van der Waals surface area contributed by atoms with Crippen LogP contribution in [-0.4, -0.2) is 24.7 Å². The lowest BCUT2D eigenvalue weighted by Crippen LogP contribution is -2.19. The van der Waals surface area contributed by atoms with E-state index < -0.39 is 11.6 Å². The fourth-order valence-corrected chi connectivity index (χ4v) is 1.59. The van der Waals surface area contributed by atoms with Crippen LogP contribution in [0.1, 0.15) is 19.4 Å². The number of nitro benzene ring substituents is 1. The summed E-state index contributed by atoms with van der Waals surface area (Å²) in [5, 5.41) is 14.1. The van der Waals surface area contributed by atoms with Crippen LogP contribution in [0.4, 0.5) is 10.1 Å². The number of alkyl halides is 1. The largest absolute Gasteiger partial charge is 0.484 e. The summed E-state index contributed by atoms with van der Waals surface area (Å²) in [5.74, 6) is 0.623. The maximum absolute atomic E-state index is 12.0. The second kappa shape index (κ2) is 7.68. The Morgan fingerprint density at radius 1 is 1.47 bits per heavy atom. The fraction of sp³-hybridized carbons (Fsp3) is 0.538. The van der Waals surface area contributed by atoms with E-state index in [4.69, 9.17) is 4.74 Å². The van der Waals surface area contributed by atoms with Crippen molar-refractivity contribution in [2.24, 2.45) is 5.92 Å². The number of benzene rings is 1. The Morgan fingerprint density at radius 2 is 2.21 bits per heavy atom. The number of rotatable bonds is 8. The molecule has 0 spiro atoms. The van der Waals surface area contributed by atoms with Gasteiger partial charge in [0.15, 0.2) is 5.75 Å². The van der Waals surface area contributed by atoms with Crippen molar-refractivity contribution < 1.29 is 14.1 Å². The van der Waals surface area contributed by atoms with Crippen LogP contribution in [0.3, 0.4) is 0 Å². The molecule has 0 saturated heterocycles. The predicted octanol–water partition coefficient (Wildman–Crippen LogP) is 2.69. The summed E-state index contributed by atoms with van der Waals surface area (Å²) in [6.45, 7) is 4.73. The van der Waals surface area contributed by atoms with E-state index >= 15 is 0 Å². The average Bonchev–Trinajstić information content (AvgIpc) is 2.36. The van der Waals surface area contributed by atoms with Crippen molar-refractivity contribution in [1.82, 2.24) is 5.32 Å². The minimum atomic E-state index is -0.672. The molecule has 0 saturated carbocycles. The van der Waals surface area contributed by atoms with Gasteiger partial charge in [0.2, 0.25) is 0 Å². The molecule has 106 valence electrons.